The number of hydrogen-bond acceptors (Lipinski definition) is 4. The molecule has 17 heavy (non-hydrogen) atoms. The lowest BCUT2D eigenvalue weighted by molar-refractivity contribution is -0.136. The minimum absolute atomic E-state index is 0.0136. The molecule has 0 aromatic heterocycles. The van der Waals surface area contributed by atoms with Gasteiger partial charge in [0, 0.05) is 0 Å². The Morgan fingerprint density at radius 3 is 2.65 bits per heavy atom. The van der Waals surface area contributed by atoms with E-state index in [2.05, 4.69) is 4.74 Å². The number of phenols is 1. The largest absolute Gasteiger partial charge is 0.507 e. The fourth-order valence-corrected chi connectivity index (χ4v) is 1.19. The molecule has 0 bridgehead atoms. The lowest BCUT2D eigenvalue weighted by Crippen LogP contribution is -2.11. The second kappa shape index (κ2) is 6.48. The summed E-state index contributed by atoms with van der Waals surface area (Å²) in [5, 5.41) is 9.38. The molecule has 4 heteroatoms. The van der Waals surface area contributed by atoms with E-state index in [1.54, 1.807) is 18.2 Å². The number of ether oxygens (including phenoxy) is 1. The van der Waals surface area contributed by atoms with Crippen molar-refractivity contribution in [2.75, 3.05) is 0 Å². The molecule has 0 heterocycles. The minimum atomic E-state index is -0.835. The van der Waals surface area contributed by atoms with Gasteiger partial charge in [-0.3, -0.25) is 4.79 Å². The zero-order valence-electron chi connectivity index (χ0n) is 9.55. The molecule has 0 saturated carbocycles. The first-order valence-corrected chi connectivity index (χ1v) is 5.33. The highest BCUT2D eigenvalue weighted by Gasteiger charge is 2.14. The summed E-state index contributed by atoms with van der Waals surface area (Å²) in [4.78, 5) is 22.7. The van der Waals surface area contributed by atoms with Gasteiger partial charge in [0.2, 0.25) is 0 Å². The molecular formula is C13H14O4. The Bertz CT molecular complexity index is 435. The summed E-state index contributed by atoms with van der Waals surface area (Å²) in [6.45, 7) is 1.94. The van der Waals surface area contributed by atoms with Gasteiger partial charge in [0.05, 0.1) is 6.42 Å². The second-order valence-corrected chi connectivity index (χ2v) is 3.36. The van der Waals surface area contributed by atoms with Crippen LogP contribution in [0.5, 0.6) is 5.75 Å². The molecule has 1 N–H and O–H groups in total. The minimum Gasteiger partial charge on any atom is -0.507 e. The van der Waals surface area contributed by atoms with Crippen LogP contribution in [0.25, 0.3) is 0 Å². The molecular weight excluding hydrogens is 220 g/mol. The molecule has 4 nitrogen and oxygen atoms in total. The van der Waals surface area contributed by atoms with E-state index in [9.17, 15) is 14.7 Å². The Balaban J connectivity index is 2.58. The summed E-state index contributed by atoms with van der Waals surface area (Å²) in [5.74, 6) is -1.67. The highest BCUT2D eigenvalue weighted by Crippen LogP contribution is 2.16. The zero-order chi connectivity index (χ0) is 12.7. The third-order valence-electron chi connectivity index (χ3n) is 2.02. The first kappa shape index (κ1) is 13.0. The van der Waals surface area contributed by atoms with Crippen molar-refractivity contribution in [1.29, 1.82) is 0 Å². The number of benzene rings is 1. The lowest BCUT2D eigenvalue weighted by atomic mass is 10.2. The summed E-state index contributed by atoms with van der Waals surface area (Å²) < 4.78 is 4.57. The fourth-order valence-electron chi connectivity index (χ4n) is 1.19. The Morgan fingerprint density at radius 1 is 1.29 bits per heavy atom. The van der Waals surface area contributed by atoms with Crippen LogP contribution in [0.3, 0.4) is 0 Å². The number of carbonyl (C=O) groups excluding carboxylic acids is 2. The van der Waals surface area contributed by atoms with Crippen molar-refractivity contribution in [3.05, 3.63) is 42.0 Å². The second-order valence-electron chi connectivity index (χ2n) is 3.36. The first-order chi connectivity index (χ1) is 8.15. The highest BCUT2D eigenvalue weighted by molar-refractivity contribution is 5.98. The van der Waals surface area contributed by atoms with Gasteiger partial charge in [0.15, 0.2) is 0 Å². The van der Waals surface area contributed by atoms with Gasteiger partial charge in [-0.15, -0.1) is 0 Å². The predicted octanol–water partition coefficient (Wildman–Crippen LogP) is 2.43. The molecule has 0 aliphatic heterocycles. The number of rotatable bonds is 4. The zero-order valence-corrected chi connectivity index (χ0v) is 9.55. The predicted molar refractivity (Wildman–Crippen MR) is 62.6 cm³/mol. The van der Waals surface area contributed by atoms with Crippen LogP contribution in [0.15, 0.2) is 36.4 Å². The summed E-state index contributed by atoms with van der Waals surface area (Å²) in [5.41, 5.74) is -0.0136. The van der Waals surface area contributed by atoms with E-state index in [0.717, 1.165) is 6.42 Å². The lowest BCUT2D eigenvalue weighted by Gasteiger charge is -2.02. The van der Waals surface area contributed by atoms with E-state index >= 15 is 0 Å². The van der Waals surface area contributed by atoms with E-state index in [4.69, 9.17) is 0 Å². The van der Waals surface area contributed by atoms with Crippen LogP contribution in [0.1, 0.15) is 30.1 Å². The molecule has 0 aliphatic carbocycles. The van der Waals surface area contributed by atoms with Crippen molar-refractivity contribution in [2.45, 2.75) is 19.8 Å². The van der Waals surface area contributed by atoms with Gasteiger partial charge in [-0.25, -0.2) is 4.79 Å². The summed E-state index contributed by atoms with van der Waals surface area (Å²) in [6, 6.07) is 5.92. The van der Waals surface area contributed by atoms with Gasteiger partial charge < -0.3 is 9.84 Å². The molecule has 1 aromatic rings. The Labute approximate surface area is 99.5 Å². The third-order valence-corrected chi connectivity index (χ3v) is 2.02. The van der Waals surface area contributed by atoms with Crippen molar-refractivity contribution in [1.82, 2.24) is 0 Å². The molecule has 0 saturated heterocycles. The van der Waals surface area contributed by atoms with Crippen LogP contribution in [0.2, 0.25) is 0 Å². The van der Waals surface area contributed by atoms with Gasteiger partial charge in [-0.05, 0) is 18.6 Å². The molecule has 0 fully saturated rings. The van der Waals surface area contributed by atoms with Crippen LogP contribution in [-0.4, -0.2) is 17.0 Å². The quantitative estimate of drug-likeness (QED) is 0.493. The van der Waals surface area contributed by atoms with Crippen LogP contribution in [0.4, 0.5) is 0 Å². The van der Waals surface area contributed by atoms with Gasteiger partial charge in [0.1, 0.15) is 11.3 Å². The van der Waals surface area contributed by atoms with Crippen molar-refractivity contribution in [2.24, 2.45) is 0 Å². The Morgan fingerprint density at radius 2 is 2.00 bits per heavy atom. The van der Waals surface area contributed by atoms with E-state index in [-0.39, 0.29) is 17.7 Å². The Hall–Kier alpha value is -2.10. The number of carbonyl (C=O) groups is 2. The first-order valence-electron chi connectivity index (χ1n) is 5.33. The number of allylic oxidation sites excluding steroid dienone is 1. The standard InChI is InChI=1S/C13H14O4/c1-2-3-4-9-12(15)17-13(16)10-7-5-6-8-11(10)14/h3-8,14H,2,9H2,1H3/b4-3+. The van der Waals surface area contributed by atoms with Crippen molar-refractivity contribution >= 4 is 11.9 Å². The maximum absolute atomic E-state index is 11.5. The molecule has 0 atom stereocenters. The van der Waals surface area contributed by atoms with Crippen molar-refractivity contribution in [3.63, 3.8) is 0 Å². The van der Waals surface area contributed by atoms with Crippen molar-refractivity contribution < 1.29 is 19.4 Å². The number of phenolic OH excluding ortho intramolecular Hbond substituents is 1. The highest BCUT2D eigenvalue weighted by atomic mass is 16.6. The number of para-hydroxylation sites is 1. The maximum atomic E-state index is 11.5. The number of hydrogen-bond donors (Lipinski definition) is 1. The van der Waals surface area contributed by atoms with Crippen LogP contribution in [0, 0.1) is 0 Å². The smallest absolute Gasteiger partial charge is 0.349 e. The van der Waals surface area contributed by atoms with E-state index in [0.29, 0.717) is 0 Å². The molecule has 0 amide bonds. The van der Waals surface area contributed by atoms with Crippen molar-refractivity contribution in [3.8, 4) is 5.75 Å². The number of esters is 2. The fraction of sp³-hybridized carbons (Fsp3) is 0.231. The topological polar surface area (TPSA) is 63.6 Å². The van der Waals surface area contributed by atoms with Gasteiger partial charge in [-0.2, -0.15) is 0 Å². The molecule has 0 spiro atoms. The van der Waals surface area contributed by atoms with Crippen LogP contribution >= 0.6 is 0 Å². The molecule has 0 unspecified atom stereocenters. The summed E-state index contributed by atoms with van der Waals surface area (Å²) in [6.07, 6.45) is 4.32. The van der Waals surface area contributed by atoms with E-state index in [1.807, 2.05) is 13.0 Å². The van der Waals surface area contributed by atoms with Crippen LogP contribution in [-0.2, 0) is 9.53 Å². The molecule has 90 valence electrons. The van der Waals surface area contributed by atoms with E-state index < -0.39 is 11.9 Å². The normalized spacial score (nSPS) is 10.4. The molecule has 1 rings (SSSR count). The monoisotopic (exact) mass is 234 g/mol. The average Bonchev–Trinajstić information content (AvgIpc) is 2.29. The average molecular weight is 234 g/mol. The van der Waals surface area contributed by atoms with Gasteiger partial charge in [0.25, 0.3) is 0 Å². The molecule has 0 aliphatic rings. The Kier molecular flexibility index (Phi) is 4.94. The summed E-state index contributed by atoms with van der Waals surface area (Å²) >= 11 is 0. The third kappa shape index (κ3) is 4.10. The van der Waals surface area contributed by atoms with Crippen LogP contribution < -0.4 is 0 Å². The SMILES string of the molecule is CC/C=C/CC(=O)OC(=O)c1ccccc1O. The maximum Gasteiger partial charge on any atom is 0.349 e. The molecule has 0 radical (unpaired) electrons. The van der Waals surface area contributed by atoms with Gasteiger partial charge >= 0.3 is 11.9 Å². The summed E-state index contributed by atoms with van der Waals surface area (Å²) in [7, 11) is 0. The molecule has 1 aromatic carbocycles. The number of aromatic hydroxyl groups is 1. The van der Waals surface area contributed by atoms with E-state index in [1.165, 1.54) is 12.1 Å². The van der Waals surface area contributed by atoms with Gasteiger partial charge in [-0.1, -0.05) is 31.2 Å².